The summed E-state index contributed by atoms with van der Waals surface area (Å²) in [6, 6.07) is 17.3. The number of esters is 2. The molecule has 2 aromatic carbocycles. The fraction of sp³-hybridized carbons (Fsp3) is 0.263. The van der Waals surface area contributed by atoms with Gasteiger partial charge in [-0.15, -0.1) is 0 Å². The van der Waals surface area contributed by atoms with Gasteiger partial charge in [0.1, 0.15) is 17.8 Å². The minimum absolute atomic E-state index is 0.321. The zero-order valence-corrected chi connectivity index (χ0v) is 13.5. The van der Waals surface area contributed by atoms with Crippen molar-refractivity contribution < 1.29 is 19.1 Å². The van der Waals surface area contributed by atoms with Crippen LogP contribution in [0.4, 0.5) is 0 Å². The van der Waals surface area contributed by atoms with Crippen molar-refractivity contribution in [2.24, 2.45) is 0 Å². The van der Waals surface area contributed by atoms with Crippen LogP contribution in [0, 0.1) is 0 Å². The van der Waals surface area contributed by atoms with Gasteiger partial charge in [0, 0.05) is 18.7 Å². The summed E-state index contributed by atoms with van der Waals surface area (Å²) in [6.45, 7) is 0.861. The van der Waals surface area contributed by atoms with Crippen LogP contribution in [0.2, 0.25) is 0 Å². The molecule has 0 bridgehead atoms. The molecule has 2 heterocycles. The number of carbonyl (C=O) groups excluding carboxylic acids is 2. The summed E-state index contributed by atoms with van der Waals surface area (Å²) in [5.74, 6) is -0.237. The lowest BCUT2D eigenvalue weighted by molar-refractivity contribution is -0.146. The predicted molar refractivity (Wildman–Crippen MR) is 89.6 cm³/mol. The normalized spacial score (nSPS) is 25.9. The van der Waals surface area contributed by atoms with E-state index in [1.165, 1.54) is 0 Å². The van der Waals surface area contributed by atoms with Crippen molar-refractivity contribution >= 4 is 11.9 Å². The molecule has 25 heavy (non-hydrogen) atoms. The first-order valence-electron chi connectivity index (χ1n) is 8.24. The lowest BCUT2D eigenvalue weighted by atomic mass is 10.1. The molecule has 2 aliphatic heterocycles. The van der Waals surface area contributed by atoms with Crippen LogP contribution >= 0.6 is 0 Å². The number of rotatable bonds is 3. The Kier molecular flexibility index (Phi) is 4.21. The summed E-state index contributed by atoms with van der Waals surface area (Å²) in [6.07, 6.45) is -0.575. The van der Waals surface area contributed by atoms with Gasteiger partial charge in [-0.05, 0) is 12.1 Å². The fourth-order valence-electron chi connectivity index (χ4n) is 3.30. The molecule has 0 saturated carbocycles. The SMILES string of the molecule is O=C(Oc1ccccc1)C1CNCC2C(=O)OC(c3ccccc3)N12. The molecule has 6 heteroatoms. The van der Waals surface area contributed by atoms with Crippen molar-refractivity contribution in [2.45, 2.75) is 18.3 Å². The Balaban J connectivity index is 1.61. The van der Waals surface area contributed by atoms with Crippen LogP contribution in [-0.4, -0.2) is 42.0 Å². The number of para-hydroxylation sites is 1. The van der Waals surface area contributed by atoms with Crippen LogP contribution in [0.3, 0.4) is 0 Å². The van der Waals surface area contributed by atoms with Gasteiger partial charge >= 0.3 is 11.9 Å². The van der Waals surface area contributed by atoms with Crippen LogP contribution < -0.4 is 10.1 Å². The summed E-state index contributed by atoms with van der Waals surface area (Å²) >= 11 is 0. The number of cyclic esters (lactones) is 1. The van der Waals surface area contributed by atoms with Gasteiger partial charge in [0.2, 0.25) is 0 Å². The van der Waals surface area contributed by atoms with Gasteiger partial charge in [-0.2, -0.15) is 0 Å². The van der Waals surface area contributed by atoms with Crippen molar-refractivity contribution in [3.8, 4) is 5.75 Å². The fourth-order valence-corrected chi connectivity index (χ4v) is 3.30. The maximum Gasteiger partial charge on any atom is 0.330 e. The highest BCUT2D eigenvalue weighted by atomic mass is 16.6. The Morgan fingerprint density at radius 1 is 1.04 bits per heavy atom. The molecule has 3 atom stereocenters. The predicted octanol–water partition coefficient (Wildman–Crippen LogP) is 1.49. The average Bonchev–Trinajstić information content (AvgIpc) is 3.00. The third-order valence-corrected chi connectivity index (χ3v) is 4.48. The summed E-state index contributed by atoms with van der Waals surface area (Å²) < 4.78 is 11.1. The number of fused-ring (bicyclic) bond motifs is 1. The molecule has 0 aliphatic carbocycles. The van der Waals surface area contributed by atoms with Crippen LogP contribution in [0.25, 0.3) is 0 Å². The first-order chi connectivity index (χ1) is 12.2. The molecule has 3 unspecified atom stereocenters. The zero-order valence-electron chi connectivity index (χ0n) is 13.5. The Bertz CT molecular complexity index is 766. The molecule has 2 aromatic rings. The maximum atomic E-state index is 12.7. The highest BCUT2D eigenvalue weighted by molar-refractivity contribution is 5.83. The number of piperazine rings is 1. The second-order valence-electron chi connectivity index (χ2n) is 6.07. The van der Waals surface area contributed by atoms with E-state index in [2.05, 4.69) is 5.32 Å². The molecule has 1 N–H and O–H groups in total. The number of nitrogens with one attached hydrogen (secondary N) is 1. The van der Waals surface area contributed by atoms with Gasteiger partial charge in [0.05, 0.1) is 0 Å². The maximum absolute atomic E-state index is 12.7. The van der Waals surface area contributed by atoms with Gasteiger partial charge in [-0.25, -0.2) is 9.69 Å². The first kappa shape index (κ1) is 15.8. The summed E-state index contributed by atoms with van der Waals surface area (Å²) in [4.78, 5) is 26.8. The van der Waals surface area contributed by atoms with E-state index in [1.54, 1.807) is 24.3 Å². The molecule has 6 nitrogen and oxygen atoms in total. The number of hydrogen-bond donors (Lipinski definition) is 1. The zero-order chi connectivity index (χ0) is 17.2. The molecular weight excluding hydrogens is 320 g/mol. The smallest absolute Gasteiger partial charge is 0.330 e. The highest BCUT2D eigenvalue weighted by Crippen LogP contribution is 2.35. The Morgan fingerprint density at radius 3 is 2.44 bits per heavy atom. The highest BCUT2D eigenvalue weighted by Gasteiger charge is 2.51. The van der Waals surface area contributed by atoms with E-state index in [0.717, 1.165) is 5.56 Å². The van der Waals surface area contributed by atoms with Crippen LogP contribution in [0.5, 0.6) is 5.75 Å². The number of nitrogens with zero attached hydrogens (tertiary/aromatic N) is 1. The molecule has 2 fully saturated rings. The molecule has 0 spiro atoms. The summed E-state index contributed by atoms with van der Waals surface area (Å²) in [5.41, 5.74) is 0.845. The Morgan fingerprint density at radius 2 is 1.72 bits per heavy atom. The number of benzene rings is 2. The van der Waals surface area contributed by atoms with Gasteiger partial charge in [0.25, 0.3) is 0 Å². The van der Waals surface area contributed by atoms with E-state index in [-0.39, 0.29) is 5.97 Å². The van der Waals surface area contributed by atoms with Crippen molar-refractivity contribution in [1.29, 1.82) is 0 Å². The number of hydrogen-bond acceptors (Lipinski definition) is 6. The largest absolute Gasteiger partial charge is 0.441 e. The molecule has 2 saturated heterocycles. The van der Waals surface area contributed by atoms with Crippen LogP contribution in [-0.2, 0) is 14.3 Å². The molecule has 0 amide bonds. The summed E-state index contributed by atoms with van der Waals surface area (Å²) in [7, 11) is 0. The van der Waals surface area contributed by atoms with E-state index < -0.39 is 24.3 Å². The monoisotopic (exact) mass is 338 g/mol. The van der Waals surface area contributed by atoms with Crippen LogP contribution in [0.1, 0.15) is 11.8 Å². The Labute approximate surface area is 145 Å². The quantitative estimate of drug-likeness (QED) is 0.676. The van der Waals surface area contributed by atoms with E-state index in [1.807, 2.05) is 41.3 Å². The summed E-state index contributed by atoms with van der Waals surface area (Å²) in [5, 5.41) is 3.13. The average molecular weight is 338 g/mol. The topological polar surface area (TPSA) is 67.9 Å². The second kappa shape index (κ2) is 6.66. The molecule has 128 valence electrons. The van der Waals surface area contributed by atoms with E-state index >= 15 is 0 Å². The first-order valence-corrected chi connectivity index (χ1v) is 8.24. The third kappa shape index (κ3) is 3.01. The third-order valence-electron chi connectivity index (χ3n) is 4.48. The second-order valence-corrected chi connectivity index (χ2v) is 6.07. The van der Waals surface area contributed by atoms with Gasteiger partial charge in [-0.3, -0.25) is 4.79 Å². The minimum atomic E-state index is -0.601. The van der Waals surface area contributed by atoms with E-state index in [9.17, 15) is 9.59 Å². The molecule has 2 aliphatic rings. The van der Waals surface area contributed by atoms with Crippen molar-refractivity contribution in [3.05, 3.63) is 66.2 Å². The molecule has 4 rings (SSSR count). The minimum Gasteiger partial charge on any atom is -0.441 e. The van der Waals surface area contributed by atoms with Crippen molar-refractivity contribution in [3.63, 3.8) is 0 Å². The molecule has 0 radical (unpaired) electrons. The standard InChI is InChI=1S/C19H18N2O4/c22-18(24-14-9-5-2-6-10-14)15-11-20-12-16-19(23)25-17(21(15)16)13-7-3-1-4-8-13/h1-10,15-17,20H,11-12H2. The van der Waals surface area contributed by atoms with Crippen molar-refractivity contribution in [2.75, 3.05) is 13.1 Å². The van der Waals surface area contributed by atoms with E-state index in [0.29, 0.717) is 18.8 Å². The number of carbonyl (C=O) groups is 2. The van der Waals surface area contributed by atoms with Gasteiger partial charge in [-0.1, -0.05) is 48.5 Å². The molecular formula is C19H18N2O4. The van der Waals surface area contributed by atoms with Crippen LogP contribution in [0.15, 0.2) is 60.7 Å². The lowest BCUT2D eigenvalue weighted by Gasteiger charge is -2.36. The molecule has 0 aromatic heterocycles. The van der Waals surface area contributed by atoms with Gasteiger partial charge < -0.3 is 14.8 Å². The Hall–Kier alpha value is -2.70. The lowest BCUT2D eigenvalue weighted by Crippen LogP contribution is -2.60. The van der Waals surface area contributed by atoms with Gasteiger partial charge in [0.15, 0.2) is 6.23 Å². The van der Waals surface area contributed by atoms with E-state index in [4.69, 9.17) is 9.47 Å². The van der Waals surface area contributed by atoms with Crippen molar-refractivity contribution in [1.82, 2.24) is 10.2 Å². The number of ether oxygens (including phenoxy) is 2.